The summed E-state index contributed by atoms with van der Waals surface area (Å²) in [6, 6.07) is 0.471. The summed E-state index contributed by atoms with van der Waals surface area (Å²) in [5, 5.41) is 6.36. The van der Waals surface area contributed by atoms with E-state index in [1.807, 2.05) is 4.90 Å². The van der Waals surface area contributed by atoms with Crippen LogP contribution in [0, 0.1) is 11.8 Å². The molecule has 0 spiro atoms. The summed E-state index contributed by atoms with van der Waals surface area (Å²) < 4.78 is 0. The summed E-state index contributed by atoms with van der Waals surface area (Å²) in [6.07, 6.45) is 4.35. The van der Waals surface area contributed by atoms with Crippen LogP contribution < -0.4 is 10.6 Å². The maximum Gasteiger partial charge on any atom is 0.225 e. The quantitative estimate of drug-likeness (QED) is 0.770. The standard InChI is InChI=1S/C15H25N3O2/c1-10-6-13(10)18-9-12(7-15(18)20)17-14(19)3-2-11-4-5-16-8-11/h10-13,16H,2-9H2,1H3,(H,17,19). The Morgan fingerprint density at radius 2 is 2.30 bits per heavy atom. The van der Waals surface area contributed by atoms with E-state index in [9.17, 15) is 9.59 Å². The van der Waals surface area contributed by atoms with Crippen molar-refractivity contribution >= 4 is 11.8 Å². The minimum absolute atomic E-state index is 0.0319. The predicted octanol–water partition coefficient (Wildman–Crippen LogP) is 0.502. The number of amides is 2. The van der Waals surface area contributed by atoms with Crippen molar-refractivity contribution in [3.63, 3.8) is 0 Å². The summed E-state index contributed by atoms with van der Waals surface area (Å²) >= 11 is 0. The van der Waals surface area contributed by atoms with Crippen molar-refractivity contribution in [2.24, 2.45) is 11.8 Å². The van der Waals surface area contributed by atoms with Crippen LogP contribution in [0.1, 0.15) is 39.0 Å². The first-order valence-electron chi connectivity index (χ1n) is 7.93. The molecule has 4 atom stereocenters. The fourth-order valence-corrected chi connectivity index (χ4v) is 3.48. The Hall–Kier alpha value is -1.10. The van der Waals surface area contributed by atoms with Gasteiger partial charge >= 0.3 is 0 Å². The molecule has 0 bridgehead atoms. The van der Waals surface area contributed by atoms with Crippen molar-refractivity contribution < 1.29 is 9.59 Å². The van der Waals surface area contributed by atoms with Gasteiger partial charge in [-0.2, -0.15) is 0 Å². The molecule has 0 radical (unpaired) electrons. The number of carbonyl (C=O) groups excluding carboxylic acids is 2. The number of carbonyl (C=O) groups is 2. The largest absolute Gasteiger partial charge is 0.351 e. The number of rotatable bonds is 5. The van der Waals surface area contributed by atoms with Gasteiger partial charge in [0, 0.05) is 25.4 Å². The van der Waals surface area contributed by atoms with E-state index >= 15 is 0 Å². The Morgan fingerprint density at radius 3 is 2.95 bits per heavy atom. The second-order valence-electron chi connectivity index (χ2n) is 6.69. The van der Waals surface area contributed by atoms with Crippen LogP contribution in [0.4, 0.5) is 0 Å². The van der Waals surface area contributed by atoms with Gasteiger partial charge in [0.15, 0.2) is 0 Å². The third-order valence-corrected chi connectivity index (χ3v) is 4.93. The van der Waals surface area contributed by atoms with Crippen molar-refractivity contribution in [3.05, 3.63) is 0 Å². The Balaban J connectivity index is 1.39. The highest BCUT2D eigenvalue weighted by Gasteiger charge is 2.44. The molecule has 3 aliphatic rings. The third-order valence-electron chi connectivity index (χ3n) is 4.93. The molecule has 2 heterocycles. The highest BCUT2D eigenvalue weighted by atomic mass is 16.2. The van der Waals surface area contributed by atoms with Crippen LogP contribution in [0.2, 0.25) is 0 Å². The molecule has 1 aliphatic carbocycles. The van der Waals surface area contributed by atoms with Gasteiger partial charge in [0.25, 0.3) is 0 Å². The van der Waals surface area contributed by atoms with E-state index in [1.54, 1.807) is 0 Å². The SMILES string of the molecule is CC1CC1N1CC(NC(=O)CCC2CCNC2)CC1=O. The summed E-state index contributed by atoms with van der Waals surface area (Å²) in [4.78, 5) is 25.9. The molecular weight excluding hydrogens is 254 g/mol. The lowest BCUT2D eigenvalue weighted by Crippen LogP contribution is -2.37. The normalized spacial score (nSPS) is 36.5. The predicted molar refractivity (Wildman–Crippen MR) is 76.0 cm³/mol. The highest BCUT2D eigenvalue weighted by molar-refractivity contribution is 5.82. The molecule has 20 heavy (non-hydrogen) atoms. The fraction of sp³-hybridized carbons (Fsp3) is 0.867. The second kappa shape index (κ2) is 5.72. The van der Waals surface area contributed by atoms with Crippen molar-refractivity contribution in [3.8, 4) is 0 Å². The van der Waals surface area contributed by atoms with Gasteiger partial charge in [0.2, 0.25) is 11.8 Å². The van der Waals surface area contributed by atoms with Gasteiger partial charge in [0.1, 0.15) is 0 Å². The fourth-order valence-electron chi connectivity index (χ4n) is 3.48. The molecule has 3 fully saturated rings. The molecule has 2 amide bonds. The minimum atomic E-state index is 0.0319. The van der Waals surface area contributed by atoms with Crippen LogP contribution in [0.3, 0.4) is 0 Å². The number of nitrogens with zero attached hydrogens (tertiary/aromatic N) is 1. The van der Waals surface area contributed by atoms with E-state index < -0.39 is 0 Å². The van der Waals surface area contributed by atoms with Gasteiger partial charge in [-0.3, -0.25) is 9.59 Å². The number of hydrogen-bond acceptors (Lipinski definition) is 3. The Bertz CT molecular complexity index is 393. The molecule has 5 heteroatoms. The molecule has 5 nitrogen and oxygen atoms in total. The zero-order valence-electron chi connectivity index (χ0n) is 12.2. The molecule has 4 unspecified atom stereocenters. The van der Waals surface area contributed by atoms with E-state index in [0.717, 1.165) is 25.9 Å². The average molecular weight is 279 g/mol. The second-order valence-corrected chi connectivity index (χ2v) is 6.69. The van der Waals surface area contributed by atoms with Gasteiger partial charge in [-0.15, -0.1) is 0 Å². The molecule has 0 aromatic rings. The van der Waals surface area contributed by atoms with E-state index in [1.165, 1.54) is 6.42 Å². The summed E-state index contributed by atoms with van der Waals surface area (Å²) in [5.74, 6) is 1.61. The lowest BCUT2D eigenvalue weighted by molar-refractivity contribution is -0.128. The van der Waals surface area contributed by atoms with Crippen LogP contribution in [0.15, 0.2) is 0 Å². The maximum atomic E-state index is 12.0. The Morgan fingerprint density at radius 1 is 1.50 bits per heavy atom. The van der Waals surface area contributed by atoms with Crippen molar-refractivity contribution in [2.45, 2.75) is 51.1 Å². The van der Waals surface area contributed by atoms with Gasteiger partial charge in [0.05, 0.1) is 6.04 Å². The van der Waals surface area contributed by atoms with Crippen LogP contribution in [-0.2, 0) is 9.59 Å². The average Bonchev–Trinajstić information content (AvgIpc) is 2.81. The topological polar surface area (TPSA) is 61.4 Å². The smallest absolute Gasteiger partial charge is 0.225 e. The third kappa shape index (κ3) is 3.14. The van der Waals surface area contributed by atoms with Gasteiger partial charge in [-0.25, -0.2) is 0 Å². The molecule has 2 aliphatic heterocycles. The molecule has 0 aromatic heterocycles. The highest BCUT2D eigenvalue weighted by Crippen LogP contribution is 2.37. The van der Waals surface area contributed by atoms with Gasteiger partial charge in [-0.1, -0.05) is 6.92 Å². The molecular formula is C15H25N3O2. The molecule has 2 N–H and O–H groups in total. The van der Waals surface area contributed by atoms with E-state index in [0.29, 0.717) is 37.3 Å². The maximum absolute atomic E-state index is 12.0. The number of hydrogen-bond donors (Lipinski definition) is 2. The van der Waals surface area contributed by atoms with Crippen molar-refractivity contribution in [1.29, 1.82) is 0 Å². The van der Waals surface area contributed by atoms with Crippen LogP contribution in [0.25, 0.3) is 0 Å². The first kappa shape index (κ1) is 13.9. The van der Waals surface area contributed by atoms with Crippen LogP contribution in [0.5, 0.6) is 0 Å². The monoisotopic (exact) mass is 279 g/mol. The Kier molecular flexibility index (Phi) is 3.96. The zero-order valence-corrected chi connectivity index (χ0v) is 12.2. The first-order chi connectivity index (χ1) is 9.63. The molecule has 0 aromatic carbocycles. The van der Waals surface area contributed by atoms with Crippen molar-refractivity contribution in [2.75, 3.05) is 19.6 Å². The van der Waals surface area contributed by atoms with Crippen LogP contribution >= 0.6 is 0 Å². The summed E-state index contributed by atoms with van der Waals surface area (Å²) in [5.41, 5.74) is 0. The van der Waals surface area contributed by atoms with Gasteiger partial charge in [-0.05, 0) is 44.2 Å². The first-order valence-corrected chi connectivity index (χ1v) is 7.93. The molecule has 2 saturated heterocycles. The van der Waals surface area contributed by atoms with Gasteiger partial charge < -0.3 is 15.5 Å². The summed E-state index contributed by atoms with van der Waals surface area (Å²) in [6.45, 7) is 5.02. The van der Waals surface area contributed by atoms with E-state index in [-0.39, 0.29) is 17.9 Å². The lowest BCUT2D eigenvalue weighted by atomic mass is 10.0. The summed E-state index contributed by atoms with van der Waals surface area (Å²) in [7, 11) is 0. The number of likely N-dealkylation sites (tertiary alicyclic amines) is 1. The molecule has 112 valence electrons. The Labute approximate surface area is 120 Å². The zero-order chi connectivity index (χ0) is 14.1. The lowest BCUT2D eigenvalue weighted by Gasteiger charge is -2.17. The van der Waals surface area contributed by atoms with Crippen LogP contribution in [-0.4, -0.2) is 48.4 Å². The molecule has 1 saturated carbocycles. The number of nitrogens with one attached hydrogen (secondary N) is 2. The van der Waals surface area contributed by atoms with E-state index in [2.05, 4.69) is 17.6 Å². The van der Waals surface area contributed by atoms with E-state index in [4.69, 9.17) is 0 Å². The van der Waals surface area contributed by atoms with Crippen molar-refractivity contribution in [1.82, 2.24) is 15.5 Å². The molecule has 3 rings (SSSR count). The minimum Gasteiger partial charge on any atom is -0.351 e.